The largest absolute Gasteiger partial charge is 0.341 e. The first kappa shape index (κ1) is 16.4. The highest BCUT2D eigenvalue weighted by Gasteiger charge is 2.30. The molecule has 0 bridgehead atoms. The molecular formula is C13H29N3O. The molecule has 0 rings (SSSR count). The zero-order valence-corrected chi connectivity index (χ0v) is 12.3. The van der Waals surface area contributed by atoms with Crippen molar-refractivity contribution < 1.29 is 4.79 Å². The standard InChI is InChI=1S/C13H29N3O/c1-11(2)9-16(8-7-15(5)6)12(17)13(3,4)10-14/h11H,7-10,14H2,1-6H3. The van der Waals surface area contributed by atoms with Crippen molar-refractivity contribution in [2.45, 2.75) is 27.7 Å². The highest BCUT2D eigenvalue weighted by Crippen LogP contribution is 2.17. The third-order valence-corrected chi connectivity index (χ3v) is 2.78. The van der Waals surface area contributed by atoms with Crippen LogP contribution in [0.3, 0.4) is 0 Å². The topological polar surface area (TPSA) is 49.6 Å². The molecule has 0 heterocycles. The van der Waals surface area contributed by atoms with E-state index in [9.17, 15) is 4.79 Å². The lowest BCUT2D eigenvalue weighted by atomic mass is 9.91. The number of hydrogen-bond acceptors (Lipinski definition) is 3. The van der Waals surface area contributed by atoms with Crippen LogP contribution in [0.25, 0.3) is 0 Å². The minimum atomic E-state index is -0.457. The van der Waals surface area contributed by atoms with Gasteiger partial charge in [0.1, 0.15) is 0 Å². The molecule has 0 aromatic heterocycles. The SMILES string of the molecule is CC(C)CN(CCN(C)C)C(=O)C(C)(C)CN. The maximum absolute atomic E-state index is 12.4. The Bertz CT molecular complexity index is 237. The van der Waals surface area contributed by atoms with Gasteiger partial charge < -0.3 is 15.5 Å². The molecule has 0 unspecified atom stereocenters. The number of hydrogen-bond donors (Lipinski definition) is 1. The van der Waals surface area contributed by atoms with E-state index in [1.807, 2.05) is 32.8 Å². The average molecular weight is 243 g/mol. The monoisotopic (exact) mass is 243 g/mol. The van der Waals surface area contributed by atoms with Crippen LogP contribution in [0.4, 0.5) is 0 Å². The third-order valence-electron chi connectivity index (χ3n) is 2.78. The Morgan fingerprint density at radius 1 is 1.24 bits per heavy atom. The third kappa shape index (κ3) is 6.03. The van der Waals surface area contributed by atoms with Crippen molar-refractivity contribution in [1.82, 2.24) is 9.80 Å². The van der Waals surface area contributed by atoms with Gasteiger partial charge in [-0.3, -0.25) is 4.79 Å². The molecule has 0 saturated carbocycles. The van der Waals surface area contributed by atoms with Gasteiger partial charge in [0.25, 0.3) is 0 Å². The van der Waals surface area contributed by atoms with Crippen LogP contribution in [0.15, 0.2) is 0 Å². The normalized spacial score (nSPS) is 12.3. The lowest BCUT2D eigenvalue weighted by Gasteiger charge is -2.33. The Balaban J connectivity index is 4.61. The molecule has 0 aliphatic rings. The van der Waals surface area contributed by atoms with Gasteiger partial charge in [0, 0.05) is 26.2 Å². The van der Waals surface area contributed by atoms with Gasteiger partial charge in [-0.25, -0.2) is 0 Å². The summed E-state index contributed by atoms with van der Waals surface area (Å²) in [5.41, 5.74) is 5.22. The Hall–Kier alpha value is -0.610. The molecule has 4 nitrogen and oxygen atoms in total. The van der Waals surface area contributed by atoms with E-state index in [0.717, 1.165) is 19.6 Å². The van der Waals surface area contributed by atoms with E-state index in [0.29, 0.717) is 12.5 Å². The van der Waals surface area contributed by atoms with Gasteiger partial charge in [-0.15, -0.1) is 0 Å². The fraction of sp³-hybridized carbons (Fsp3) is 0.923. The fourth-order valence-corrected chi connectivity index (χ4v) is 1.55. The van der Waals surface area contributed by atoms with Crippen LogP contribution in [0.1, 0.15) is 27.7 Å². The van der Waals surface area contributed by atoms with E-state index in [1.165, 1.54) is 0 Å². The predicted molar refractivity (Wildman–Crippen MR) is 72.8 cm³/mol. The molecule has 0 fully saturated rings. The second kappa shape index (κ2) is 6.97. The zero-order valence-electron chi connectivity index (χ0n) is 12.3. The van der Waals surface area contributed by atoms with Crippen molar-refractivity contribution in [3.05, 3.63) is 0 Å². The van der Waals surface area contributed by atoms with Crippen molar-refractivity contribution in [2.24, 2.45) is 17.1 Å². The van der Waals surface area contributed by atoms with Gasteiger partial charge in [-0.05, 0) is 33.9 Å². The smallest absolute Gasteiger partial charge is 0.229 e. The van der Waals surface area contributed by atoms with Crippen LogP contribution < -0.4 is 5.73 Å². The van der Waals surface area contributed by atoms with E-state index < -0.39 is 5.41 Å². The van der Waals surface area contributed by atoms with Crippen molar-refractivity contribution in [3.63, 3.8) is 0 Å². The molecule has 4 heteroatoms. The van der Waals surface area contributed by atoms with Gasteiger partial charge in [0.2, 0.25) is 5.91 Å². The quantitative estimate of drug-likeness (QED) is 0.726. The second-order valence-electron chi connectivity index (χ2n) is 6.04. The number of likely N-dealkylation sites (N-methyl/N-ethyl adjacent to an activating group) is 1. The van der Waals surface area contributed by atoms with E-state index in [4.69, 9.17) is 5.73 Å². The predicted octanol–water partition coefficient (Wildman–Crippen LogP) is 1.02. The molecule has 17 heavy (non-hydrogen) atoms. The molecule has 102 valence electrons. The molecule has 0 saturated heterocycles. The average Bonchev–Trinajstić information content (AvgIpc) is 2.22. The van der Waals surface area contributed by atoms with Gasteiger partial charge >= 0.3 is 0 Å². The molecule has 2 N–H and O–H groups in total. The van der Waals surface area contributed by atoms with Crippen molar-refractivity contribution in [3.8, 4) is 0 Å². The van der Waals surface area contributed by atoms with Gasteiger partial charge in [-0.2, -0.15) is 0 Å². The molecule has 0 spiro atoms. The summed E-state index contributed by atoms with van der Waals surface area (Å²) >= 11 is 0. The molecule has 0 radical (unpaired) electrons. The molecular weight excluding hydrogens is 214 g/mol. The van der Waals surface area contributed by atoms with Crippen LogP contribution in [0, 0.1) is 11.3 Å². The van der Waals surface area contributed by atoms with Crippen LogP contribution in [-0.2, 0) is 4.79 Å². The second-order valence-corrected chi connectivity index (χ2v) is 6.04. The summed E-state index contributed by atoms with van der Waals surface area (Å²) in [5, 5.41) is 0. The van der Waals surface area contributed by atoms with Crippen LogP contribution in [0.5, 0.6) is 0 Å². The molecule has 0 atom stereocenters. The summed E-state index contributed by atoms with van der Waals surface area (Å²) in [6, 6.07) is 0. The molecule has 0 aliphatic carbocycles. The molecule has 0 aromatic rings. The number of carbonyl (C=O) groups is 1. The summed E-state index contributed by atoms with van der Waals surface area (Å²) < 4.78 is 0. The van der Waals surface area contributed by atoms with E-state index in [2.05, 4.69) is 18.7 Å². The van der Waals surface area contributed by atoms with E-state index >= 15 is 0 Å². The number of rotatable bonds is 7. The summed E-state index contributed by atoms with van der Waals surface area (Å²) in [6.45, 7) is 10.9. The molecule has 0 aliphatic heterocycles. The fourth-order valence-electron chi connectivity index (χ4n) is 1.55. The maximum Gasteiger partial charge on any atom is 0.229 e. The molecule has 1 amide bonds. The number of nitrogens with two attached hydrogens (primary N) is 1. The zero-order chi connectivity index (χ0) is 13.6. The maximum atomic E-state index is 12.4. The Morgan fingerprint density at radius 2 is 1.76 bits per heavy atom. The lowest BCUT2D eigenvalue weighted by molar-refractivity contribution is -0.140. The summed E-state index contributed by atoms with van der Waals surface area (Å²) in [5.74, 6) is 0.644. The number of nitrogens with zero attached hydrogens (tertiary/aromatic N) is 2. The first-order chi connectivity index (χ1) is 7.70. The Morgan fingerprint density at radius 3 is 2.12 bits per heavy atom. The first-order valence-corrected chi connectivity index (χ1v) is 6.35. The Kier molecular flexibility index (Phi) is 6.72. The number of carbonyl (C=O) groups excluding carboxylic acids is 1. The molecule has 0 aromatic carbocycles. The van der Waals surface area contributed by atoms with Crippen LogP contribution in [-0.4, -0.2) is 56.0 Å². The minimum Gasteiger partial charge on any atom is -0.341 e. The summed E-state index contributed by atoms with van der Waals surface area (Å²) in [6.07, 6.45) is 0. The van der Waals surface area contributed by atoms with Gasteiger partial charge in [0.15, 0.2) is 0 Å². The summed E-state index contributed by atoms with van der Waals surface area (Å²) in [4.78, 5) is 16.4. The van der Waals surface area contributed by atoms with Crippen molar-refractivity contribution in [1.29, 1.82) is 0 Å². The van der Waals surface area contributed by atoms with E-state index in [-0.39, 0.29) is 5.91 Å². The van der Waals surface area contributed by atoms with Gasteiger partial charge in [0.05, 0.1) is 5.41 Å². The first-order valence-electron chi connectivity index (χ1n) is 6.35. The van der Waals surface area contributed by atoms with Crippen molar-refractivity contribution in [2.75, 3.05) is 40.3 Å². The Labute approximate surface area is 106 Å². The van der Waals surface area contributed by atoms with Gasteiger partial charge in [-0.1, -0.05) is 13.8 Å². The highest BCUT2D eigenvalue weighted by molar-refractivity contribution is 5.82. The summed E-state index contributed by atoms with van der Waals surface area (Å²) in [7, 11) is 4.04. The lowest BCUT2D eigenvalue weighted by Crippen LogP contribution is -2.48. The van der Waals surface area contributed by atoms with Crippen LogP contribution in [0.2, 0.25) is 0 Å². The van der Waals surface area contributed by atoms with Crippen LogP contribution >= 0.6 is 0 Å². The highest BCUT2D eigenvalue weighted by atomic mass is 16.2. The van der Waals surface area contributed by atoms with Crippen molar-refractivity contribution >= 4 is 5.91 Å². The number of amides is 1. The van der Waals surface area contributed by atoms with E-state index in [1.54, 1.807) is 0 Å². The minimum absolute atomic E-state index is 0.163.